The van der Waals surface area contributed by atoms with Crippen molar-refractivity contribution >= 4 is 34.6 Å². The average Bonchev–Trinajstić information content (AvgIpc) is 3.87. The molecule has 2 aromatic heterocycles. The number of nitrogens with zero attached hydrogens (tertiary/aromatic N) is 8. The van der Waals surface area contributed by atoms with Gasteiger partial charge in [0.2, 0.25) is 5.79 Å². The van der Waals surface area contributed by atoms with Crippen LogP contribution in [0.2, 0.25) is 10.0 Å². The molecule has 0 aliphatic carbocycles. The van der Waals surface area contributed by atoms with Gasteiger partial charge in [-0.3, -0.25) is 0 Å². The Labute approximate surface area is 283 Å². The topological polar surface area (TPSA) is 95.6 Å². The summed E-state index contributed by atoms with van der Waals surface area (Å²) < 4.78 is 22.5. The Morgan fingerprint density at radius 1 is 0.872 bits per heavy atom. The van der Waals surface area contributed by atoms with Gasteiger partial charge in [-0.05, 0) is 67.1 Å². The van der Waals surface area contributed by atoms with Crippen molar-refractivity contribution in [2.75, 3.05) is 49.2 Å². The third kappa shape index (κ3) is 6.94. The fourth-order valence-electron chi connectivity index (χ4n) is 6.13. The molecular formula is C34H36Cl2N8O3. The number of hydrogen-bond acceptors (Lipinski definition) is 9. The maximum Gasteiger partial charge on any atom is 0.217 e. The van der Waals surface area contributed by atoms with E-state index in [0.29, 0.717) is 28.8 Å². The van der Waals surface area contributed by atoms with Crippen molar-refractivity contribution in [3.63, 3.8) is 0 Å². The molecule has 2 aliphatic heterocycles. The monoisotopic (exact) mass is 674 g/mol. The van der Waals surface area contributed by atoms with Gasteiger partial charge in [0.1, 0.15) is 49.8 Å². The Morgan fingerprint density at radius 2 is 1.57 bits per heavy atom. The molecule has 2 fully saturated rings. The van der Waals surface area contributed by atoms with Crippen molar-refractivity contribution < 1.29 is 14.2 Å². The van der Waals surface area contributed by atoms with Crippen molar-refractivity contribution in [1.29, 1.82) is 0 Å². The van der Waals surface area contributed by atoms with Crippen LogP contribution in [0.3, 0.4) is 0 Å². The normalized spacial score (nSPS) is 19.8. The molecule has 11 nitrogen and oxygen atoms in total. The van der Waals surface area contributed by atoms with E-state index in [1.54, 1.807) is 29.5 Å². The minimum absolute atomic E-state index is 0.279. The van der Waals surface area contributed by atoms with E-state index in [4.69, 9.17) is 37.4 Å². The number of ether oxygens (including phenoxy) is 3. The van der Waals surface area contributed by atoms with E-state index in [1.807, 2.05) is 22.9 Å². The van der Waals surface area contributed by atoms with Crippen LogP contribution in [0, 0.1) is 0 Å². The Bertz CT molecular complexity index is 1760. The summed E-state index contributed by atoms with van der Waals surface area (Å²) in [6.07, 6.45) is 6.35. The zero-order valence-corrected chi connectivity index (χ0v) is 27.6. The molecule has 3 aromatic carbocycles. The zero-order valence-electron chi connectivity index (χ0n) is 26.1. The van der Waals surface area contributed by atoms with Gasteiger partial charge in [0.15, 0.2) is 0 Å². The maximum atomic E-state index is 6.58. The van der Waals surface area contributed by atoms with Crippen LogP contribution < -0.4 is 14.5 Å². The molecule has 4 heterocycles. The summed E-state index contributed by atoms with van der Waals surface area (Å²) in [7, 11) is 0. The average molecular weight is 676 g/mol. The van der Waals surface area contributed by atoms with E-state index < -0.39 is 5.79 Å². The van der Waals surface area contributed by atoms with Gasteiger partial charge in [0.05, 0.1) is 17.3 Å². The molecule has 47 heavy (non-hydrogen) atoms. The second-order valence-corrected chi connectivity index (χ2v) is 12.5. The fourth-order valence-corrected chi connectivity index (χ4v) is 6.68. The quantitative estimate of drug-likeness (QED) is 0.172. The summed E-state index contributed by atoms with van der Waals surface area (Å²) in [5.41, 5.74) is 4.11. The second kappa shape index (κ2) is 13.9. The SMILES string of the molecule is CCCc1ncnn1-c1ccc(N2CCN(c3ccc(OC[C@@H]4CO[C@@](Cn5cncn5)(c5ccc(Cl)cc5Cl)O4)cc3)CC2)cc1. The highest BCUT2D eigenvalue weighted by Crippen LogP contribution is 2.40. The third-order valence-corrected chi connectivity index (χ3v) is 9.05. The molecule has 0 radical (unpaired) electrons. The second-order valence-electron chi connectivity index (χ2n) is 11.7. The number of anilines is 2. The van der Waals surface area contributed by atoms with Crippen molar-refractivity contribution in [2.45, 2.75) is 38.2 Å². The first-order valence-corrected chi connectivity index (χ1v) is 16.6. The minimum Gasteiger partial charge on any atom is -0.491 e. The maximum absolute atomic E-state index is 6.58. The molecule has 0 unspecified atom stereocenters. The number of aromatic nitrogens is 6. The highest BCUT2D eigenvalue weighted by molar-refractivity contribution is 6.35. The number of piperazine rings is 1. The highest BCUT2D eigenvalue weighted by atomic mass is 35.5. The lowest BCUT2D eigenvalue weighted by Crippen LogP contribution is -2.46. The molecule has 7 rings (SSSR count). The standard InChI is InChI=1S/C34H36Cl2N8O3/c1-2-3-33-38-23-40-44(33)28-7-5-26(6-8-28)41-14-16-42(17-15-41)27-9-11-29(12-10-27)45-19-30-20-46-34(47-30,21-43-24-37-22-39-43)31-13-4-25(35)18-32(31)36/h4-13,18,22-24,30H,2-3,14-17,19-21H2,1H3/t30-,34-/m1/s1. The zero-order chi connectivity index (χ0) is 32.2. The molecule has 0 bridgehead atoms. The Hall–Kier alpha value is -4.16. The first-order chi connectivity index (χ1) is 23.0. The number of hydrogen-bond donors (Lipinski definition) is 0. The van der Waals surface area contributed by atoms with Crippen LogP contribution >= 0.6 is 23.2 Å². The summed E-state index contributed by atoms with van der Waals surface area (Å²) in [5.74, 6) is 0.614. The molecule has 13 heteroatoms. The predicted molar refractivity (Wildman–Crippen MR) is 181 cm³/mol. The fraction of sp³-hybridized carbons (Fsp3) is 0.353. The number of aryl methyl sites for hydroxylation is 1. The summed E-state index contributed by atoms with van der Waals surface area (Å²) in [5, 5.41) is 9.64. The molecule has 2 saturated heterocycles. The van der Waals surface area contributed by atoms with Crippen LogP contribution in [0.5, 0.6) is 5.75 Å². The van der Waals surface area contributed by atoms with E-state index in [2.05, 4.69) is 73.3 Å². The van der Waals surface area contributed by atoms with Gasteiger partial charge in [0, 0.05) is 54.6 Å². The van der Waals surface area contributed by atoms with Crippen LogP contribution in [-0.2, 0) is 28.2 Å². The largest absolute Gasteiger partial charge is 0.491 e. The van der Waals surface area contributed by atoms with Gasteiger partial charge in [-0.15, -0.1) is 0 Å². The van der Waals surface area contributed by atoms with Gasteiger partial charge >= 0.3 is 0 Å². The molecule has 0 N–H and O–H groups in total. The van der Waals surface area contributed by atoms with E-state index in [-0.39, 0.29) is 12.6 Å². The van der Waals surface area contributed by atoms with Crippen molar-refractivity contribution in [2.24, 2.45) is 0 Å². The van der Waals surface area contributed by atoms with Crippen LogP contribution in [-0.4, -0.2) is 75.0 Å². The van der Waals surface area contributed by atoms with E-state index >= 15 is 0 Å². The van der Waals surface area contributed by atoms with Crippen LogP contribution in [0.4, 0.5) is 11.4 Å². The Kier molecular flexibility index (Phi) is 9.30. The number of rotatable bonds is 11. The lowest BCUT2D eigenvalue weighted by molar-refractivity contribution is -0.190. The summed E-state index contributed by atoms with van der Waals surface area (Å²) in [4.78, 5) is 13.3. The Morgan fingerprint density at radius 3 is 2.23 bits per heavy atom. The van der Waals surface area contributed by atoms with Gasteiger partial charge in [-0.25, -0.2) is 19.3 Å². The number of halogens is 2. The molecule has 244 valence electrons. The van der Waals surface area contributed by atoms with Gasteiger partial charge in [0.25, 0.3) is 0 Å². The lowest BCUT2D eigenvalue weighted by Gasteiger charge is -2.37. The van der Waals surface area contributed by atoms with Gasteiger partial charge in [-0.1, -0.05) is 36.2 Å². The first-order valence-electron chi connectivity index (χ1n) is 15.8. The van der Waals surface area contributed by atoms with E-state index in [0.717, 1.165) is 56.3 Å². The molecule has 2 atom stereocenters. The molecule has 0 amide bonds. The van der Waals surface area contributed by atoms with Crippen molar-refractivity contribution in [3.05, 3.63) is 107 Å². The highest BCUT2D eigenvalue weighted by Gasteiger charge is 2.45. The summed E-state index contributed by atoms with van der Waals surface area (Å²) in [6, 6.07) is 22.1. The molecule has 2 aliphatic rings. The molecular weight excluding hydrogens is 639 g/mol. The lowest BCUT2D eigenvalue weighted by atomic mass is 10.1. The van der Waals surface area contributed by atoms with Crippen molar-refractivity contribution in [1.82, 2.24) is 29.5 Å². The Balaban J connectivity index is 0.926. The van der Waals surface area contributed by atoms with Crippen molar-refractivity contribution in [3.8, 4) is 11.4 Å². The first kappa shape index (κ1) is 31.4. The minimum atomic E-state index is -1.15. The van der Waals surface area contributed by atoms with E-state index in [1.165, 1.54) is 17.7 Å². The van der Waals surface area contributed by atoms with E-state index in [9.17, 15) is 0 Å². The van der Waals surface area contributed by atoms with Gasteiger partial charge in [-0.2, -0.15) is 10.2 Å². The predicted octanol–water partition coefficient (Wildman–Crippen LogP) is 5.79. The number of benzene rings is 3. The van der Waals surface area contributed by atoms with Crippen LogP contribution in [0.15, 0.2) is 85.7 Å². The van der Waals surface area contributed by atoms with Crippen LogP contribution in [0.25, 0.3) is 5.69 Å². The van der Waals surface area contributed by atoms with Crippen LogP contribution in [0.1, 0.15) is 24.7 Å². The smallest absolute Gasteiger partial charge is 0.217 e. The van der Waals surface area contributed by atoms with Gasteiger partial charge < -0.3 is 24.0 Å². The summed E-state index contributed by atoms with van der Waals surface area (Å²) >= 11 is 12.7. The third-order valence-electron chi connectivity index (χ3n) is 8.51. The molecule has 0 saturated carbocycles. The summed E-state index contributed by atoms with van der Waals surface area (Å²) in [6.45, 7) is 6.82. The molecule has 0 spiro atoms. The molecule has 5 aromatic rings.